The highest BCUT2D eigenvalue weighted by Gasteiger charge is 2.32. The lowest BCUT2D eigenvalue weighted by atomic mass is 10.1. The lowest BCUT2D eigenvalue weighted by Gasteiger charge is -2.35. The number of hydrogen-bond acceptors (Lipinski definition) is 6. The van der Waals surface area contributed by atoms with E-state index in [4.69, 9.17) is 10.1 Å². The molecule has 0 unspecified atom stereocenters. The predicted molar refractivity (Wildman–Crippen MR) is 119 cm³/mol. The van der Waals surface area contributed by atoms with Crippen LogP contribution in [0, 0.1) is 0 Å². The van der Waals surface area contributed by atoms with Gasteiger partial charge in [0.2, 0.25) is 5.95 Å². The lowest BCUT2D eigenvalue weighted by Crippen LogP contribution is -2.49. The van der Waals surface area contributed by atoms with E-state index in [0.717, 1.165) is 31.1 Å². The minimum absolute atomic E-state index is 0.190. The number of likely N-dealkylation sites (tertiary alicyclic amines) is 1. The van der Waals surface area contributed by atoms with E-state index in [1.54, 1.807) is 6.20 Å². The molecule has 0 spiro atoms. The zero-order chi connectivity index (χ0) is 20.9. The third-order valence-corrected chi connectivity index (χ3v) is 6.14. The van der Waals surface area contributed by atoms with Crippen LogP contribution in [0.2, 0.25) is 0 Å². The van der Waals surface area contributed by atoms with Gasteiger partial charge in [0.05, 0.1) is 11.8 Å². The summed E-state index contributed by atoms with van der Waals surface area (Å²) < 4.78 is 3.97. The molecule has 8 nitrogen and oxygen atoms in total. The second-order valence-electron chi connectivity index (χ2n) is 8.67. The van der Waals surface area contributed by atoms with Crippen LogP contribution < -0.4 is 5.32 Å². The molecule has 1 aliphatic carbocycles. The fraction of sp³-hybridized carbons (Fsp3) is 0.348. The number of aromatic nitrogens is 5. The number of aryl methyl sites for hydroxylation is 1. The number of benzene rings is 1. The second-order valence-corrected chi connectivity index (χ2v) is 8.67. The van der Waals surface area contributed by atoms with Crippen molar-refractivity contribution in [3.8, 4) is 5.82 Å². The van der Waals surface area contributed by atoms with E-state index in [1.807, 2.05) is 23.9 Å². The largest absolute Gasteiger partial charge is 0.390 e. The molecular weight excluding hydrogens is 390 g/mol. The first-order valence-corrected chi connectivity index (χ1v) is 10.8. The third-order valence-electron chi connectivity index (χ3n) is 6.14. The van der Waals surface area contributed by atoms with Crippen molar-refractivity contribution in [2.75, 3.05) is 18.4 Å². The first kappa shape index (κ1) is 18.5. The van der Waals surface area contributed by atoms with Gasteiger partial charge in [-0.3, -0.25) is 4.90 Å². The van der Waals surface area contributed by atoms with Crippen molar-refractivity contribution in [2.24, 2.45) is 7.05 Å². The molecule has 0 amide bonds. The molecule has 8 heteroatoms. The molecule has 4 heterocycles. The molecule has 2 aliphatic rings. The van der Waals surface area contributed by atoms with Gasteiger partial charge < -0.3 is 15.0 Å². The molecule has 4 aromatic rings. The molecule has 0 bridgehead atoms. The van der Waals surface area contributed by atoms with Gasteiger partial charge >= 0.3 is 0 Å². The summed E-state index contributed by atoms with van der Waals surface area (Å²) in [5.41, 5.74) is 4.54. The van der Waals surface area contributed by atoms with E-state index in [1.165, 1.54) is 35.0 Å². The first-order chi connectivity index (χ1) is 15.1. The molecule has 158 valence electrons. The van der Waals surface area contributed by atoms with Crippen LogP contribution in [0.15, 0.2) is 48.9 Å². The summed E-state index contributed by atoms with van der Waals surface area (Å²) in [4.78, 5) is 11.4. The Labute approximate surface area is 180 Å². The van der Waals surface area contributed by atoms with Crippen molar-refractivity contribution in [3.05, 3.63) is 60.2 Å². The van der Waals surface area contributed by atoms with Gasteiger partial charge in [-0.15, -0.1) is 0 Å². The summed E-state index contributed by atoms with van der Waals surface area (Å²) in [5, 5.41) is 19.0. The molecular formula is C23H25N7O. The summed E-state index contributed by atoms with van der Waals surface area (Å²) in [6, 6.07) is 10.2. The van der Waals surface area contributed by atoms with Crippen LogP contribution >= 0.6 is 0 Å². The van der Waals surface area contributed by atoms with E-state index < -0.39 is 0 Å². The first-order valence-electron chi connectivity index (χ1n) is 10.8. The standard InChI is InChI=1S/C23H25N7O/c1-28-9-7-16-10-18(4-5-20(16)28)25-23-24-8-6-21(26-23)30-12-17(11-29-13-19(31)14-29)22(27-30)15-2-3-15/h4-10,12,15,19,31H,2-3,11,13-14H2,1H3,(H,24,25,26). The molecule has 2 N–H and O–H groups in total. The fourth-order valence-corrected chi connectivity index (χ4v) is 4.30. The van der Waals surface area contributed by atoms with Gasteiger partial charge in [0, 0.05) is 79.4 Å². The van der Waals surface area contributed by atoms with Crippen molar-refractivity contribution < 1.29 is 5.11 Å². The van der Waals surface area contributed by atoms with Crippen LogP contribution in [0.1, 0.15) is 30.0 Å². The number of anilines is 2. The highest BCUT2D eigenvalue weighted by molar-refractivity contribution is 5.84. The van der Waals surface area contributed by atoms with Crippen molar-refractivity contribution in [1.29, 1.82) is 0 Å². The smallest absolute Gasteiger partial charge is 0.229 e. The van der Waals surface area contributed by atoms with Gasteiger partial charge in [-0.25, -0.2) is 9.67 Å². The third kappa shape index (κ3) is 3.58. The number of nitrogens with one attached hydrogen (secondary N) is 1. The Bertz CT molecular complexity index is 1250. The molecule has 1 saturated heterocycles. The second kappa shape index (κ2) is 7.18. The molecule has 1 aliphatic heterocycles. The van der Waals surface area contributed by atoms with Gasteiger partial charge in [0.25, 0.3) is 0 Å². The number of aliphatic hydroxyl groups is 1. The van der Waals surface area contributed by atoms with Gasteiger partial charge in [-0.2, -0.15) is 10.1 Å². The van der Waals surface area contributed by atoms with Crippen molar-refractivity contribution in [1.82, 2.24) is 29.2 Å². The topological polar surface area (TPSA) is 84.0 Å². The Balaban J connectivity index is 1.26. The maximum atomic E-state index is 9.59. The Morgan fingerprint density at radius 3 is 2.84 bits per heavy atom. The number of nitrogens with zero attached hydrogens (tertiary/aromatic N) is 6. The Kier molecular flexibility index (Phi) is 4.29. The number of hydrogen-bond donors (Lipinski definition) is 2. The zero-order valence-corrected chi connectivity index (χ0v) is 17.4. The molecule has 0 atom stereocenters. The summed E-state index contributed by atoms with van der Waals surface area (Å²) in [7, 11) is 2.04. The number of β-amino-alcohol motifs (C(OH)–C–C–N with tert-alkyl or cyclic N) is 1. The van der Waals surface area contributed by atoms with Crippen LogP contribution in [0.25, 0.3) is 16.7 Å². The zero-order valence-electron chi connectivity index (χ0n) is 17.4. The summed E-state index contributed by atoms with van der Waals surface area (Å²) >= 11 is 0. The lowest BCUT2D eigenvalue weighted by molar-refractivity contribution is -0.00301. The summed E-state index contributed by atoms with van der Waals surface area (Å²) in [6.45, 7) is 2.31. The molecule has 1 saturated carbocycles. The van der Waals surface area contributed by atoms with Gasteiger partial charge in [-0.1, -0.05) is 0 Å². The van der Waals surface area contributed by atoms with E-state index in [0.29, 0.717) is 11.9 Å². The van der Waals surface area contributed by atoms with Crippen LogP contribution in [0.3, 0.4) is 0 Å². The van der Waals surface area contributed by atoms with Crippen LogP contribution in [-0.2, 0) is 13.6 Å². The highest BCUT2D eigenvalue weighted by Crippen LogP contribution is 2.41. The molecule has 31 heavy (non-hydrogen) atoms. The van der Waals surface area contributed by atoms with Crippen LogP contribution in [0.4, 0.5) is 11.6 Å². The molecule has 1 aromatic carbocycles. The van der Waals surface area contributed by atoms with Crippen molar-refractivity contribution in [2.45, 2.75) is 31.4 Å². The maximum Gasteiger partial charge on any atom is 0.229 e. The molecule has 3 aromatic heterocycles. The maximum absolute atomic E-state index is 9.59. The van der Waals surface area contributed by atoms with Gasteiger partial charge in [-0.05, 0) is 37.1 Å². The molecule has 6 rings (SSSR count). The number of aliphatic hydroxyl groups excluding tert-OH is 1. The van der Waals surface area contributed by atoms with Crippen molar-refractivity contribution >= 4 is 22.5 Å². The predicted octanol–water partition coefficient (Wildman–Crippen LogP) is 2.95. The monoisotopic (exact) mass is 415 g/mol. The van der Waals surface area contributed by atoms with E-state index in [9.17, 15) is 5.11 Å². The Morgan fingerprint density at radius 1 is 1.16 bits per heavy atom. The summed E-state index contributed by atoms with van der Waals surface area (Å²) in [5.74, 6) is 1.85. The fourth-order valence-electron chi connectivity index (χ4n) is 4.30. The van der Waals surface area contributed by atoms with Gasteiger partial charge in [0.15, 0.2) is 5.82 Å². The normalized spacial score (nSPS) is 17.2. The Morgan fingerprint density at radius 2 is 2.03 bits per heavy atom. The number of rotatable bonds is 6. The quantitative estimate of drug-likeness (QED) is 0.504. The SMILES string of the molecule is Cn1ccc2cc(Nc3nccc(-n4cc(CN5CC(O)C5)c(C5CC5)n4)n3)ccc21. The molecule has 2 fully saturated rings. The molecule has 0 radical (unpaired) electrons. The van der Waals surface area contributed by atoms with E-state index >= 15 is 0 Å². The van der Waals surface area contributed by atoms with Gasteiger partial charge in [0.1, 0.15) is 0 Å². The minimum Gasteiger partial charge on any atom is -0.390 e. The van der Waals surface area contributed by atoms with Crippen molar-refractivity contribution in [3.63, 3.8) is 0 Å². The van der Waals surface area contributed by atoms with E-state index in [2.05, 4.69) is 50.4 Å². The highest BCUT2D eigenvalue weighted by atomic mass is 16.3. The van der Waals surface area contributed by atoms with E-state index in [-0.39, 0.29) is 6.10 Å². The average molecular weight is 416 g/mol. The number of fused-ring (bicyclic) bond motifs is 1. The minimum atomic E-state index is -0.190. The Hall–Kier alpha value is -3.23. The van der Waals surface area contributed by atoms with Crippen LogP contribution in [-0.4, -0.2) is 53.5 Å². The summed E-state index contributed by atoms with van der Waals surface area (Å²) in [6.07, 6.45) is 8.11. The average Bonchev–Trinajstić information content (AvgIpc) is 3.41. The van der Waals surface area contributed by atoms with Crippen LogP contribution in [0.5, 0.6) is 0 Å².